The van der Waals surface area contributed by atoms with E-state index in [1.807, 2.05) is 43.3 Å². The summed E-state index contributed by atoms with van der Waals surface area (Å²) in [4.78, 5) is 18.3. The van der Waals surface area contributed by atoms with Crippen molar-refractivity contribution in [2.75, 3.05) is 38.7 Å². The smallest absolute Gasteiger partial charge is 0.255 e. The molecule has 4 aromatic carbocycles. The van der Waals surface area contributed by atoms with E-state index in [-0.39, 0.29) is 11.9 Å². The summed E-state index contributed by atoms with van der Waals surface area (Å²) in [6.45, 7) is 4.78. The summed E-state index contributed by atoms with van der Waals surface area (Å²) in [6.07, 6.45) is 1.01. The number of amides is 1. The minimum absolute atomic E-state index is 0.0547. The number of anilines is 1. The number of nitrogens with one attached hydrogen (secondary N) is 1. The average Bonchev–Trinajstić information content (AvgIpc) is 2.93. The summed E-state index contributed by atoms with van der Waals surface area (Å²) in [5, 5.41) is 5.21. The predicted octanol–water partition coefficient (Wildman–Crippen LogP) is 5.83. The molecule has 5 rings (SSSR count). The van der Waals surface area contributed by atoms with Crippen molar-refractivity contribution in [2.45, 2.75) is 25.9 Å². The van der Waals surface area contributed by atoms with Gasteiger partial charge < -0.3 is 15.0 Å². The lowest BCUT2D eigenvalue weighted by molar-refractivity contribution is 0.0926. The third-order valence-electron chi connectivity index (χ3n) is 7.27. The van der Waals surface area contributed by atoms with Crippen LogP contribution in [-0.4, -0.2) is 44.6 Å². The molecule has 1 amide bonds. The molecule has 1 N–H and O–H groups in total. The molecule has 1 unspecified atom stereocenters. The minimum atomic E-state index is -0.104. The molecule has 1 heterocycles. The normalized spacial score (nSPS) is 14.1. The first-order chi connectivity index (χ1) is 18.0. The number of benzene rings is 4. The molecule has 0 saturated carbocycles. The highest BCUT2D eigenvalue weighted by Gasteiger charge is 2.26. The van der Waals surface area contributed by atoms with Crippen LogP contribution in [0.4, 0.5) is 5.69 Å². The number of rotatable bonds is 8. The second-order valence-corrected chi connectivity index (χ2v) is 9.79. The molecule has 37 heavy (non-hydrogen) atoms. The Hall–Kier alpha value is -3.83. The van der Waals surface area contributed by atoms with Crippen molar-refractivity contribution < 1.29 is 9.53 Å². The maximum atomic E-state index is 13.7. The Balaban J connectivity index is 1.44. The number of nitrogens with zero attached hydrogens (tertiary/aromatic N) is 2. The fourth-order valence-electron chi connectivity index (χ4n) is 5.28. The van der Waals surface area contributed by atoms with E-state index in [0.29, 0.717) is 24.5 Å². The number of fused-ring (bicyclic) bond motifs is 2. The highest BCUT2D eigenvalue weighted by atomic mass is 16.5. The molecule has 0 aliphatic carbocycles. The Morgan fingerprint density at radius 1 is 0.946 bits per heavy atom. The van der Waals surface area contributed by atoms with Crippen molar-refractivity contribution in [1.29, 1.82) is 0 Å². The van der Waals surface area contributed by atoms with Crippen LogP contribution in [0.15, 0.2) is 84.9 Å². The van der Waals surface area contributed by atoms with Gasteiger partial charge in [0.05, 0.1) is 18.2 Å². The van der Waals surface area contributed by atoms with Gasteiger partial charge in [-0.3, -0.25) is 9.69 Å². The Bertz CT molecular complexity index is 1380. The van der Waals surface area contributed by atoms with E-state index in [1.54, 1.807) is 0 Å². The number of hydrogen-bond acceptors (Lipinski definition) is 4. The van der Waals surface area contributed by atoms with Gasteiger partial charge in [-0.15, -0.1) is 0 Å². The Kier molecular flexibility index (Phi) is 7.42. The molecule has 0 bridgehead atoms. The van der Waals surface area contributed by atoms with Crippen molar-refractivity contribution in [3.05, 3.63) is 107 Å². The van der Waals surface area contributed by atoms with Crippen LogP contribution in [0.2, 0.25) is 0 Å². The largest absolute Gasteiger partial charge is 0.493 e. The fraction of sp³-hybridized carbons (Fsp3) is 0.281. The number of carbonyl (C=O) groups is 1. The van der Waals surface area contributed by atoms with Gasteiger partial charge in [-0.2, -0.15) is 0 Å². The van der Waals surface area contributed by atoms with Gasteiger partial charge in [0.25, 0.3) is 5.91 Å². The molecule has 1 aliphatic rings. The van der Waals surface area contributed by atoms with Gasteiger partial charge in [-0.25, -0.2) is 0 Å². The van der Waals surface area contributed by atoms with Crippen LogP contribution >= 0.6 is 0 Å². The highest BCUT2D eigenvalue weighted by Crippen LogP contribution is 2.31. The van der Waals surface area contributed by atoms with Crippen LogP contribution in [-0.2, 0) is 13.0 Å². The van der Waals surface area contributed by atoms with Gasteiger partial charge in [0.1, 0.15) is 5.75 Å². The lowest BCUT2D eigenvalue weighted by atomic mass is 9.96. The second kappa shape index (κ2) is 11.1. The van der Waals surface area contributed by atoms with Crippen molar-refractivity contribution in [3.8, 4) is 5.75 Å². The maximum Gasteiger partial charge on any atom is 0.255 e. The minimum Gasteiger partial charge on any atom is -0.493 e. The van der Waals surface area contributed by atoms with E-state index in [2.05, 4.69) is 77.7 Å². The van der Waals surface area contributed by atoms with Crippen molar-refractivity contribution in [2.24, 2.45) is 0 Å². The van der Waals surface area contributed by atoms with E-state index in [4.69, 9.17) is 4.74 Å². The van der Waals surface area contributed by atoms with Crippen LogP contribution in [0, 0.1) is 0 Å². The topological polar surface area (TPSA) is 44.8 Å². The molecule has 0 spiro atoms. The number of carbonyl (C=O) groups excluding carboxylic acids is 1. The molecule has 190 valence electrons. The first-order valence-electron chi connectivity index (χ1n) is 13.1. The van der Waals surface area contributed by atoms with Gasteiger partial charge in [0.2, 0.25) is 0 Å². The highest BCUT2D eigenvalue weighted by molar-refractivity contribution is 6.09. The zero-order chi connectivity index (χ0) is 25.8. The standard InChI is InChI=1S/C32H35N3O2/c1-4-37-30-18-15-24-10-7-8-12-28(24)31(30)32(36)33-21-29(25-13-16-27(17-14-25)34(2)3)35-20-19-23-9-5-6-11-26(23)22-35/h5-18,29H,4,19-22H2,1-3H3,(H,33,36). The first-order valence-corrected chi connectivity index (χ1v) is 13.1. The van der Waals surface area contributed by atoms with Gasteiger partial charge in [0.15, 0.2) is 0 Å². The van der Waals surface area contributed by atoms with E-state index >= 15 is 0 Å². The van der Waals surface area contributed by atoms with Gasteiger partial charge in [-0.05, 0) is 59.0 Å². The fourth-order valence-corrected chi connectivity index (χ4v) is 5.28. The summed E-state index contributed by atoms with van der Waals surface area (Å²) in [5.74, 6) is 0.519. The molecular formula is C32H35N3O2. The average molecular weight is 494 g/mol. The molecule has 0 fully saturated rings. The van der Waals surface area contributed by atoms with Crippen LogP contribution < -0.4 is 15.0 Å². The predicted molar refractivity (Wildman–Crippen MR) is 152 cm³/mol. The summed E-state index contributed by atoms with van der Waals surface area (Å²) in [7, 11) is 4.10. The lowest BCUT2D eigenvalue weighted by Gasteiger charge is -2.36. The van der Waals surface area contributed by atoms with Crippen molar-refractivity contribution in [1.82, 2.24) is 10.2 Å². The monoisotopic (exact) mass is 493 g/mol. The third-order valence-corrected chi connectivity index (χ3v) is 7.27. The van der Waals surface area contributed by atoms with E-state index in [9.17, 15) is 4.79 Å². The number of ether oxygens (including phenoxy) is 1. The molecule has 5 heteroatoms. The van der Waals surface area contributed by atoms with Crippen LogP contribution in [0.5, 0.6) is 5.75 Å². The Morgan fingerprint density at radius 3 is 2.43 bits per heavy atom. The molecule has 4 aromatic rings. The second-order valence-electron chi connectivity index (χ2n) is 9.79. The molecular weight excluding hydrogens is 458 g/mol. The number of hydrogen-bond donors (Lipinski definition) is 1. The summed E-state index contributed by atoms with van der Waals surface area (Å²) >= 11 is 0. The third kappa shape index (κ3) is 5.32. The van der Waals surface area contributed by atoms with E-state index < -0.39 is 0 Å². The van der Waals surface area contributed by atoms with E-state index in [0.717, 1.165) is 36.0 Å². The van der Waals surface area contributed by atoms with E-state index in [1.165, 1.54) is 16.7 Å². The SMILES string of the molecule is CCOc1ccc2ccccc2c1C(=O)NCC(c1ccc(N(C)C)cc1)N1CCc2ccccc2C1. The summed E-state index contributed by atoms with van der Waals surface area (Å²) in [6, 6.07) is 29.3. The first kappa shape index (κ1) is 24.8. The van der Waals surface area contributed by atoms with Gasteiger partial charge in [0, 0.05) is 39.4 Å². The molecule has 1 atom stereocenters. The summed E-state index contributed by atoms with van der Waals surface area (Å²) < 4.78 is 5.87. The van der Waals surface area contributed by atoms with Gasteiger partial charge in [-0.1, -0.05) is 66.7 Å². The molecule has 0 aromatic heterocycles. The maximum absolute atomic E-state index is 13.7. The Morgan fingerprint density at radius 2 is 1.68 bits per heavy atom. The molecule has 1 aliphatic heterocycles. The molecule has 0 radical (unpaired) electrons. The quantitative estimate of drug-likeness (QED) is 0.335. The summed E-state index contributed by atoms with van der Waals surface area (Å²) in [5.41, 5.74) is 5.75. The molecule has 0 saturated heterocycles. The van der Waals surface area contributed by atoms with Gasteiger partial charge >= 0.3 is 0 Å². The lowest BCUT2D eigenvalue weighted by Crippen LogP contribution is -2.40. The molecule has 5 nitrogen and oxygen atoms in total. The van der Waals surface area contributed by atoms with Crippen LogP contribution in [0.3, 0.4) is 0 Å². The zero-order valence-electron chi connectivity index (χ0n) is 21.9. The van der Waals surface area contributed by atoms with Crippen molar-refractivity contribution in [3.63, 3.8) is 0 Å². The van der Waals surface area contributed by atoms with Crippen LogP contribution in [0.25, 0.3) is 10.8 Å². The Labute approximate surface area is 219 Å². The zero-order valence-corrected chi connectivity index (χ0v) is 21.9. The van der Waals surface area contributed by atoms with Crippen molar-refractivity contribution >= 4 is 22.4 Å². The van der Waals surface area contributed by atoms with Crippen LogP contribution in [0.1, 0.15) is 40.0 Å².